The summed E-state index contributed by atoms with van der Waals surface area (Å²) >= 11 is 0. The summed E-state index contributed by atoms with van der Waals surface area (Å²) in [5.74, 6) is 1.06. The zero-order valence-corrected chi connectivity index (χ0v) is 15.9. The van der Waals surface area contributed by atoms with E-state index < -0.39 is 0 Å². The molecule has 0 saturated carbocycles. The van der Waals surface area contributed by atoms with Crippen molar-refractivity contribution in [2.24, 2.45) is 4.99 Å². The third kappa shape index (κ3) is 6.90. The maximum Gasteiger partial charge on any atom is 0.191 e. The molecule has 4 nitrogen and oxygen atoms in total. The Labute approximate surface area is 155 Å². The predicted molar refractivity (Wildman–Crippen MR) is 106 cm³/mol. The summed E-state index contributed by atoms with van der Waals surface area (Å²) in [6.45, 7) is 6.25. The number of guanidine groups is 1. The Morgan fingerprint density at radius 3 is 2.17 bits per heavy atom. The lowest BCUT2D eigenvalue weighted by atomic mass is 10.1. The van der Waals surface area contributed by atoms with Gasteiger partial charge >= 0.3 is 0 Å². The second kappa shape index (κ2) is 10.1. The smallest absolute Gasteiger partial charge is 0.191 e. The molecule has 0 atom stereocenters. The van der Waals surface area contributed by atoms with Crippen LogP contribution in [0.25, 0.3) is 0 Å². The van der Waals surface area contributed by atoms with E-state index in [1.165, 1.54) is 11.1 Å². The summed E-state index contributed by atoms with van der Waals surface area (Å²) in [6.07, 6.45) is 0. The normalized spacial score (nSPS) is 10.8. The van der Waals surface area contributed by atoms with Crippen LogP contribution in [0.5, 0.6) is 5.75 Å². The van der Waals surface area contributed by atoms with Crippen LogP contribution in [0.3, 0.4) is 0 Å². The Morgan fingerprint density at radius 1 is 0.957 bits per heavy atom. The first-order valence-electron chi connectivity index (χ1n) is 7.53. The van der Waals surface area contributed by atoms with E-state index in [1.807, 2.05) is 19.1 Å². The molecule has 124 valence electrons. The number of nitrogens with zero attached hydrogens (tertiary/aromatic N) is 1. The SMILES string of the molecule is CCNC(=NCc1ccc(O)cc1)NCc1ccc(C)cc1.I. The van der Waals surface area contributed by atoms with E-state index >= 15 is 0 Å². The molecule has 2 aromatic carbocycles. The number of phenols is 1. The number of halogens is 1. The number of aryl methyl sites for hydroxylation is 1. The Balaban J connectivity index is 0.00000264. The van der Waals surface area contributed by atoms with E-state index in [0.29, 0.717) is 6.54 Å². The molecule has 0 radical (unpaired) electrons. The van der Waals surface area contributed by atoms with Gasteiger partial charge in [-0.25, -0.2) is 4.99 Å². The predicted octanol–water partition coefficient (Wildman–Crippen LogP) is 3.57. The largest absolute Gasteiger partial charge is 0.508 e. The number of nitrogens with one attached hydrogen (secondary N) is 2. The summed E-state index contributed by atoms with van der Waals surface area (Å²) in [6, 6.07) is 15.6. The van der Waals surface area contributed by atoms with E-state index in [2.05, 4.69) is 46.8 Å². The van der Waals surface area contributed by atoms with Gasteiger partial charge in [0, 0.05) is 13.1 Å². The molecule has 0 saturated heterocycles. The second-order valence-corrected chi connectivity index (χ2v) is 5.20. The third-order valence-electron chi connectivity index (χ3n) is 3.28. The van der Waals surface area contributed by atoms with Crippen molar-refractivity contribution in [2.75, 3.05) is 6.54 Å². The lowest BCUT2D eigenvalue weighted by molar-refractivity contribution is 0.475. The van der Waals surface area contributed by atoms with Gasteiger partial charge in [0.25, 0.3) is 0 Å². The molecule has 0 aliphatic carbocycles. The fraction of sp³-hybridized carbons (Fsp3) is 0.278. The fourth-order valence-corrected chi connectivity index (χ4v) is 2.01. The van der Waals surface area contributed by atoms with E-state index in [9.17, 15) is 5.11 Å². The minimum absolute atomic E-state index is 0. The van der Waals surface area contributed by atoms with E-state index in [4.69, 9.17) is 0 Å². The zero-order valence-electron chi connectivity index (χ0n) is 13.5. The van der Waals surface area contributed by atoms with Crippen molar-refractivity contribution in [3.8, 4) is 5.75 Å². The Hall–Kier alpha value is -1.76. The molecule has 0 amide bonds. The number of rotatable bonds is 5. The number of aliphatic imine (C=N–C) groups is 1. The van der Waals surface area contributed by atoms with Crippen LogP contribution < -0.4 is 10.6 Å². The molecule has 0 unspecified atom stereocenters. The van der Waals surface area contributed by atoms with Crippen molar-refractivity contribution in [3.63, 3.8) is 0 Å². The van der Waals surface area contributed by atoms with Crippen LogP contribution >= 0.6 is 24.0 Å². The number of benzene rings is 2. The number of hydrogen-bond acceptors (Lipinski definition) is 2. The average Bonchev–Trinajstić information content (AvgIpc) is 2.53. The van der Waals surface area contributed by atoms with Gasteiger partial charge in [-0.1, -0.05) is 42.0 Å². The molecule has 0 heterocycles. The van der Waals surface area contributed by atoms with Gasteiger partial charge in [-0.3, -0.25) is 0 Å². The first kappa shape index (κ1) is 19.3. The highest BCUT2D eigenvalue weighted by atomic mass is 127. The molecule has 0 aliphatic heterocycles. The van der Waals surface area contributed by atoms with Crippen molar-refractivity contribution in [1.82, 2.24) is 10.6 Å². The molecular formula is C18H24IN3O. The zero-order chi connectivity index (χ0) is 15.8. The number of hydrogen-bond donors (Lipinski definition) is 3. The van der Waals surface area contributed by atoms with Gasteiger partial charge in [-0.15, -0.1) is 24.0 Å². The monoisotopic (exact) mass is 425 g/mol. The Bertz CT molecular complexity index is 609. The van der Waals surface area contributed by atoms with Crippen LogP contribution in [-0.4, -0.2) is 17.6 Å². The second-order valence-electron chi connectivity index (χ2n) is 5.20. The van der Waals surface area contributed by atoms with Crippen LogP contribution in [0.2, 0.25) is 0 Å². The molecule has 0 aromatic heterocycles. The molecule has 0 spiro atoms. The molecule has 2 rings (SSSR count). The van der Waals surface area contributed by atoms with Gasteiger partial charge < -0.3 is 15.7 Å². The maximum atomic E-state index is 9.29. The van der Waals surface area contributed by atoms with Gasteiger partial charge in [0.15, 0.2) is 5.96 Å². The number of aromatic hydroxyl groups is 1. The molecule has 0 bridgehead atoms. The summed E-state index contributed by atoms with van der Waals surface area (Å²) in [5.41, 5.74) is 3.54. The van der Waals surface area contributed by atoms with Crippen molar-refractivity contribution in [1.29, 1.82) is 0 Å². The van der Waals surface area contributed by atoms with Crippen molar-refractivity contribution >= 4 is 29.9 Å². The van der Waals surface area contributed by atoms with E-state index in [0.717, 1.165) is 24.6 Å². The number of phenolic OH excluding ortho intramolecular Hbond substituents is 1. The minimum atomic E-state index is 0. The maximum absolute atomic E-state index is 9.29. The van der Waals surface area contributed by atoms with Gasteiger partial charge in [0.2, 0.25) is 0 Å². The topological polar surface area (TPSA) is 56.7 Å². The van der Waals surface area contributed by atoms with Crippen molar-refractivity contribution < 1.29 is 5.11 Å². The molecule has 2 aromatic rings. The Kier molecular flexibility index (Phi) is 8.47. The van der Waals surface area contributed by atoms with Gasteiger partial charge in [-0.2, -0.15) is 0 Å². The van der Waals surface area contributed by atoms with Crippen molar-refractivity contribution in [2.45, 2.75) is 26.9 Å². The molecule has 23 heavy (non-hydrogen) atoms. The first-order valence-corrected chi connectivity index (χ1v) is 7.53. The first-order chi connectivity index (χ1) is 10.7. The lowest BCUT2D eigenvalue weighted by Gasteiger charge is -2.11. The molecule has 0 fully saturated rings. The van der Waals surface area contributed by atoms with Crippen LogP contribution in [0, 0.1) is 6.92 Å². The standard InChI is InChI=1S/C18H23N3O.HI/c1-3-19-18(20-12-15-6-4-14(2)5-7-15)21-13-16-8-10-17(22)11-9-16;/h4-11,22H,3,12-13H2,1-2H3,(H2,19,20,21);1H. The third-order valence-corrected chi connectivity index (χ3v) is 3.28. The van der Waals surface area contributed by atoms with Gasteiger partial charge in [0.05, 0.1) is 6.54 Å². The minimum Gasteiger partial charge on any atom is -0.508 e. The van der Waals surface area contributed by atoms with Crippen LogP contribution in [-0.2, 0) is 13.1 Å². The highest BCUT2D eigenvalue weighted by Crippen LogP contribution is 2.10. The van der Waals surface area contributed by atoms with E-state index in [1.54, 1.807) is 12.1 Å². The highest BCUT2D eigenvalue weighted by molar-refractivity contribution is 14.0. The van der Waals surface area contributed by atoms with Gasteiger partial charge in [-0.05, 0) is 37.1 Å². The lowest BCUT2D eigenvalue weighted by Crippen LogP contribution is -2.36. The summed E-state index contributed by atoms with van der Waals surface area (Å²) in [7, 11) is 0. The van der Waals surface area contributed by atoms with Gasteiger partial charge in [0.1, 0.15) is 5.75 Å². The van der Waals surface area contributed by atoms with Crippen LogP contribution in [0.1, 0.15) is 23.6 Å². The van der Waals surface area contributed by atoms with E-state index in [-0.39, 0.29) is 29.7 Å². The van der Waals surface area contributed by atoms with Crippen molar-refractivity contribution in [3.05, 3.63) is 65.2 Å². The Morgan fingerprint density at radius 2 is 1.57 bits per heavy atom. The quantitative estimate of drug-likeness (QED) is 0.390. The molecular weight excluding hydrogens is 401 g/mol. The fourth-order valence-electron chi connectivity index (χ4n) is 2.01. The average molecular weight is 425 g/mol. The van der Waals surface area contributed by atoms with Crippen LogP contribution in [0.4, 0.5) is 0 Å². The summed E-state index contributed by atoms with van der Waals surface area (Å²) < 4.78 is 0. The molecule has 5 heteroatoms. The van der Waals surface area contributed by atoms with Crippen LogP contribution in [0.15, 0.2) is 53.5 Å². The highest BCUT2D eigenvalue weighted by Gasteiger charge is 1.99. The molecule has 0 aliphatic rings. The molecule has 3 N–H and O–H groups in total. The summed E-state index contributed by atoms with van der Waals surface area (Å²) in [4.78, 5) is 4.56. The summed E-state index contributed by atoms with van der Waals surface area (Å²) in [5, 5.41) is 15.9.